The van der Waals surface area contributed by atoms with Gasteiger partial charge in [-0.1, -0.05) is 18.2 Å². The number of methoxy groups -OCH3 is 2. The third kappa shape index (κ3) is 5.00. The first kappa shape index (κ1) is 21.0. The van der Waals surface area contributed by atoms with Gasteiger partial charge in [-0.25, -0.2) is 0 Å². The van der Waals surface area contributed by atoms with Crippen LogP contribution < -0.4 is 14.4 Å². The number of nitrogens with one attached hydrogen (secondary N) is 1. The van der Waals surface area contributed by atoms with Crippen molar-refractivity contribution < 1.29 is 32.3 Å². The molecule has 0 aliphatic carbocycles. The maximum absolute atomic E-state index is 13.2. The summed E-state index contributed by atoms with van der Waals surface area (Å²) < 4.78 is 50.0. The number of amides is 1. The van der Waals surface area contributed by atoms with Crippen LogP contribution in [-0.2, 0) is 12.7 Å². The van der Waals surface area contributed by atoms with Crippen molar-refractivity contribution in [2.45, 2.75) is 12.7 Å². The third-order valence-electron chi connectivity index (χ3n) is 5.12. The molecule has 0 spiro atoms. The first-order chi connectivity index (χ1) is 13.8. The van der Waals surface area contributed by atoms with Crippen molar-refractivity contribution in [1.82, 2.24) is 4.90 Å². The molecule has 1 aliphatic heterocycles. The van der Waals surface area contributed by atoms with E-state index in [-0.39, 0.29) is 18.0 Å². The van der Waals surface area contributed by atoms with Gasteiger partial charge in [-0.15, -0.1) is 0 Å². The van der Waals surface area contributed by atoms with Crippen molar-refractivity contribution in [3.63, 3.8) is 0 Å². The second-order valence-electron chi connectivity index (χ2n) is 6.98. The van der Waals surface area contributed by atoms with Gasteiger partial charge in [-0.3, -0.25) is 4.79 Å². The predicted molar refractivity (Wildman–Crippen MR) is 101 cm³/mol. The highest BCUT2D eigenvalue weighted by atomic mass is 19.4. The lowest BCUT2D eigenvalue weighted by molar-refractivity contribution is -0.917. The quantitative estimate of drug-likeness (QED) is 0.824. The molecule has 1 saturated heterocycles. The van der Waals surface area contributed by atoms with Gasteiger partial charge in [0.2, 0.25) is 0 Å². The summed E-state index contributed by atoms with van der Waals surface area (Å²) in [5, 5.41) is 0. The second kappa shape index (κ2) is 8.73. The molecule has 1 fully saturated rings. The maximum Gasteiger partial charge on any atom is 0.416 e. The Morgan fingerprint density at radius 1 is 1.03 bits per heavy atom. The molecule has 8 heteroatoms. The summed E-state index contributed by atoms with van der Waals surface area (Å²) in [4.78, 5) is 15.6. The van der Waals surface area contributed by atoms with Crippen LogP contribution in [0.3, 0.4) is 0 Å². The highest BCUT2D eigenvalue weighted by molar-refractivity contribution is 5.95. The Morgan fingerprint density at radius 3 is 2.17 bits per heavy atom. The summed E-state index contributed by atoms with van der Waals surface area (Å²) >= 11 is 0. The van der Waals surface area contributed by atoms with Crippen LogP contribution in [0, 0.1) is 0 Å². The zero-order valence-corrected chi connectivity index (χ0v) is 16.4. The van der Waals surface area contributed by atoms with Crippen LogP contribution in [0.1, 0.15) is 21.5 Å². The molecule has 156 valence electrons. The predicted octanol–water partition coefficient (Wildman–Crippen LogP) is 2.26. The number of ether oxygens (including phenoxy) is 2. The summed E-state index contributed by atoms with van der Waals surface area (Å²) in [6.07, 6.45) is -4.36. The molecule has 0 atom stereocenters. The fourth-order valence-corrected chi connectivity index (χ4v) is 3.54. The zero-order chi connectivity index (χ0) is 21.0. The Kier molecular flexibility index (Phi) is 6.32. The smallest absolute Gasteiger partial charge is 0.416 e. The van der Waals surface area contributed by atoms with Crippen LogP contribution in [-0.4, -0.2) is 51.2 Å². The normalized spacial score (nSPS) is 15.3. The summed E-state index contributed by atoms with van der Waals surface area (Å²) in [5.41, 5.74) is 0.161. The van der Waals surface area contributed by atoms with Gasteiger partial charge >= 0.3 is 6.18 Å². The summed E-state index contributed by atoms with van der Waals surface area (Å²) in [5.74, 6) is 0.915. The van der Waals surface area contributed by atoms with Gasteiger partial charge in [-0.2, -0.15) is 13.2 Å². The molecule has 3 rings (SSSR count). The number of quaternary nitrogens is 1. The first-order valence-corrected chi connectivity index (χ1v) is 9.33. The standard InChI is InChI=1S/C21H23F3N2O3/c1-28-17-11-16(12-18(13-17)29-2)20(27)26-9-7-25(8-10-26)14-15-5-3-4-6-19(15)21(22,23)24/h3-6,11-13H,7-10,14H2,1-2H3/p+1. The number of nitrogens with zero attached hydrogens (tertiary/aromatic N) is 1. The van der Waals surface area contributed by atoms with E-state index in [0.717, 1.165) is 11.0 Å². The average Bonchev–Trinajstić information content (AvgIpc) is 2.73. The van der Waals surface area contributed by atoms with Gasteiger partial charge in [0.15, 0.2) is 0 Å². The van der Waals surface area contributed by atoms with E-state index in [0.29, 0.717) is 43.2 Å². The Morgan fingerprint density at radius 2 is 1.62 bits per heavy atom. The largest absolute Gasteiger partial charge is 0.497 e. The molecule has 1 N–H and O–H groups in total. The van der Waals surface area contributed by atoms with Crippen molar-refractivity contribution >= 4 is 5.91 Å². The van der Waals surface area contributed by atoms with Crippen molar-refractivity contribution in [1.29, 1.82) is 0 Å². The van der Waals surface area contributed by atoms with Crippen molar-refractivity contribution in [2.75, 3.05) is 40.4 Å². The number of hydrogen-bond donors (Lipinski definition) is 1. The monoisotopic (exact) mass is 409 g/mol. The van der Waals surface area contributed by atoms with E-state index in [2.05, 4.69) is 0 Å². The van der Waals surface area contributed by atoms with E-state index in [4.69, 9.17) is 9.47 Å². The van der Waals surface area contributed by atoms with Crippen LogP contribution in [0.25, 0.3) is 0 Å². The van der Waals surface area contributed by atoms with E-state index in [1.54, 1.807) is 29.2 Å². The minimum atomic E-state index is -4.36. The van der Waals surface area contributed by atoms with Gasteiger partial charge in [0.25, 0.3) is 5.91 Å². The molecule has 1 amide bonds. The number of carbonyl (C=O) groups excluding carboxylic acids is 1. The van der Waals surface area contributed by atoms with Crippen LogP contribution >= 0.6 is 0 Å². The fourth-order valence-electron chi connectivity index (χ4n) is 3.54. The minimum absolute atomic E-state index is 0.142. The highest BCUT2D eigenvalue weighted by Gasteiger charge is 2.34. The molecule has 1 aliphatic rings. The summed E-state index contributed by atoms with van der Waals surface area (Å²) in [6.45, 7) is 2.40. The second-order valence-corrected chi connectivity index (χ2v) is 6.98. The number of hydrogen-bond acceptors (Lipinski definition) is 3. The number of halogens is 3. The molecule has 29 heavy (non-hydrogen) atoms. The maximum atomic E-state index is 13.2. The zero-order valence-electron chi connectivity index (χ0n) is 16.4. The van der Waals surface area contributed by atoms with E-state index in [1.165, 1.54) is 26.4 Å². The molecule has 0 bridgehead atoms. The molecular formula is C21H24F3N2O3+. The van der Waals surface area contributed by atoms with Crippen molar-refractivity contribution in [3.05, 3.63) is 59.2 Å². The molecule has 0 saturated carbocycles. The molecular weight excluding hydrogens is 385 g/mol. The van der Waals surface area contributed by atoms with Gasteiger partial charge in [0.1, 0.15) is 18.0 Å². The van der Waals surface area contributed by atoms with Gasteiger partial charge in [0, 0.05) is 17.2 Å². The number of alkyl halides is 3. The molecule has 0 radical (unpaired) electrons. The van der Waals surface area contributed by atoms with Crippen LogP contribution in [0.2, 0.25) is 0 Å². The minimum Gasteiger partial charge on any atom is -0.497 e. The Labute approximate surface area is 167 Å². The molecule has 5 nitrogen and oxygen atoms in total. The van der Waals surface area contributed by atoms with Crippen LogP contribution in [0.5, 0.6) is 11.5 Å². The highest BCUT2D eigenvalue weighted by Crippen LogP contribution is 2.31. The third-order valence-corrected chi connectivity index (χ3v) is 5.12. The Bertz CT molecular complexity index is 840. The lowest BCUT2D eigenvalue weighted by Crippen LogP contribution is -3.13. The molecule has 2 aromatic rings. The van der Waals surface area contributed by atoms with E-state index >= 15 is 0 Å². The Hall–Kier alpha value is -2.74. The average molecular weight is 409 g/mol. The van der Waals surface area contributed by atoms with Crippen LogP contribution in [0.15, 0.2) is 42.5 Å². The summed E-state index contributed by atoms with van der Waals surface area (Å²) in [6, 6.07) is 10.7. The number of piperazine rings is 1. The number of carbonyl (C=O) groups is 1. The van der Waals surface area contributed by atoms with E-state index in [9.17, 15) is 18.0 Å². The van der Waals surface area contributed by atoms with Gasteiger partial charge in [0.05, 0.1) is 46.0 Å². The SMILES string of the molecule is COc1cc(OC)cc(C(=O)N2CC[NH+](Cc3ccccc3C(F)(F)F)CC2)c1. The lowest BCUT2D eigenvalue weighted by atomic mass is 10.1. The van der Waals surface area contributed by atoms with Crippen molar-refractivity contribution in [2.24, 2.45) is 0 Å². The first-order valence-electron chi connectivity index (χ1n) is 9.33. The number of benzene rings is 2. The van der Waals surface area contributed by atoms with Gasteiger partial charge < -0.3 is 19.3 Å². The van der Waals surface area contributed by atoms with Crippen molar-refractivity contribution in [3.8, 4) is 11.5 Å². The summed E-state index contributed by atoms with van der Waals surface area (Å²) in [7, 11) is 3.04. The Balaban J connectivity index is 1.65. The molecule has 0 aromatic heterocycles. The lowest BCUT2D eigenvalue weighted by Gasteiger charge is -2.32. The fraction of sp³-hybridized carbons (Fsp3) is 0.381. The topological polar surface area (TPSA) is 43.2 Å². The van der Waals surface area contributed by atoms with E-state index < -0.39 is 11.7 Å². The number of rotatable bonds is 5. The van der Waals surface area contributed by atoms with Gasteiger partial charge in [-0.05, 0) is 18.2 Å². The van der Waals surface area contributed by atoms with Crippen LogP contribution in [0.4, 0.5) is 13.2 Å². The molecule has 2 aromatic carbocycles. The molecule has 0 unspecified atom stereocenters. The van der Waals surface area contributed by atoms with E-state index in [1.807, 2.05) is 0 Å². The molecule has 1 heterocycles.